The van der Waals surface area contributed by atoms with Crippen molar-refractivity contribution in [2.75, 3.05) is 33.9 Å². The van der Waals surface area contributed by atoms with Crippen LogP contribution in [0.5, 0.6) is 11.5 Å². The van der Waals surface area contributed by atoms with Crippen molar-refractivity contribution in [3.63, 3.8) is 0 Å². The van der Waals surface area contributed by atoms with Crippen molar-refractivity contribution in [3.8, 4) is 11.5 Å². The van der Waals surface area contributed by atoms with Crippen LogP contribution in [0.15, 0.2) is 48.5 Å². The van der Waals surface area contributed by atoms with Gasteiger partial charge in [-0.05, 0) is 82.4 Å². The van der Waals surface area contributed by atoms with Crippen LogP contribution in [0.3, 0.4) is 0 Å². The molecule has 0 amide bonds. The van der Waals surface area contributed by atoms with E-state index in [-0.39, 0.29) is 5.54 Å². The molecule has 2 rings (SSSR count). The number of ether oxygens (including phenoxy) is 2. The highest BCUT2D eigenvalue weighted by Gasteiger charge is 2.16. The van der Waals surface area contributed by atoms with Crippen molar-refractivity contribution in [3.05, 3.63) is 59.7 Å². The van der Waals surface area contributed by atoms with Gasteiger partial charge in [0, 0.05) is 5.54 Å². The van der Waals surface area contributed by atoms with Crippen LogP contribution in [0.4, 0.5) is 0 Å². The lowest BCUT2D eigenvalue weighted by Gasteiger charge is -2.26. The Balaban J connectivity index is 1.48. The number of methoxy groups -OCH3 is 2. The highest BCUT2D eigenvalue weighted by molar-refractivity contribution is 5.42. The molecule has 0 aliphatic heterocycles. The van der Waals surface area contributed by atoms with Gasteiger partial charge >= 0.3 is 0 Å². The molecule has 0 atom stereocenters. The maximum absolute atomic E-state index is 5.37. The SMILES string of the molecule is COc1ccc(CCNCCCCCCNC(C)(C)Cc2ccccc2)cc1OC. The lowest BCUT2D eigenvalue weighted by atomic mass is 9.95. The zero-order valence-electron chi connectivity index (χ0n) is 19.3. The number of hydrogen-bond donors (Lipinski definition) is 2. The van der Waals surface area contributed by atoms with E-state index in [1.165, 1.54) is 36.8 Å². The molecular weight excluding hydrogens is 372 g/mol. The Bertz CT molecular complexity index is 716. The molecule has 166 valence electrons. The smallest absolute Gasteiger partial charge is 0.160 e. The lowest BCUT2D eigenvalue weighted by molar-refractivity contribution is 0.354. The third-order valence-corrected chi connectivity index (χ3v) is 5.41. The summed E-state index contributed by atoms with van der Waals surface area (Å²) < 4.78 is 10.7. The van der Waals surface area contributed by atoms with Gasteiger partial charge in [-0.25, -0.2) is 0 Å². The second-order valence-electron chi connectivity index (χ2n) is 8.58. The van der Waals surface area contributed by atoms with Crippen molar-refractivity contribution in [1.82, 2.24) is 10.6 Å². The normalized spacial score (nSPS) is 11.5. The van der Waals surface area contributed by atoms with E-state index in [1.54, 1.807) is 14.2 Å². The molecule has 2 N–H and O–H groups in total. The molecule has 2 aromatic rings. The molecular formula is C26H40N2O2. The van der Waals surface area contributed by atoms with Gasteiger partial charge in [-0.1, -0.05) is 49.2 Å². The van der Waals surface area contributed by atoms with Gasteiger partial charge in [0.15, 0.2) is 11.5 Å². The molecule has 0 unspecified atom stereocenters. The van der Waals surface area contributed by atoms with E-state index >= 15 is 0 Å². The number of unbranched alkanes of at least 4 members (excludes halogenated alkanes) is 3. The summed E-state index contributed by atoms with van der Waals surface area (Å²) in [6, 6.07) is 16.9. The zero-order valence-corrected chi connectivity index (χ0v) is 19.3. The second-order valence-corrected chi connectivity index (χ2v) is 8.58. The summed E-state index contributed by atoms with van der Waals surface area (Å²) in [5, 5.41) is 7.27. The van der Waals surface area contributed by atoms with E-state index in [1.807, 2.05) is 6.07 Å². The Hall–Kier alpha value is -2.04. The number of nitrogens with one attached hydrogen (secondary N) is 2. The predicted octanol–water partition coefficient (Wildman–Crippen LogP) is 5.01. The van der Waals surface area contributed by atoms with E-state index in [0.29, 0.717) is 0 Å². The first kappa shape index (κ1) is 24.2. The number of benzene rings is 2. The van der Waals surface area contributed by atoms with Crippen LogP contribution in [0, 0.1) is 0 Å². The average molecular weight is 413 g/mol. The molecule has 0 fully saturated rings. The fourth-order valence-electron chi connectivity index (χ4n) is 3.72. The number of rotatable bonds is 15. The fraction of sp³-hybridized carbons (Fsp3) is 0.538. The Morgan fingerprint density at radius 2 is 1.43 bits per heavy atom. The Kier molecular flexibility index (Phi) is 10.7. The minimum absolute atomic E-state index is 0.146. The van der Waals surface area contributed by atoms with Crippen molar-refractivity contribution < 1.29 is 9.47 Å². The molecule has 0 aliphatic rings. The number of hydrogen-bond acceptors (Lipinski definition) is 4. The molecule has 0 aromatic heterocycles. The highest BCUT2D eigenvalue weighted by Crippen LogP contribution is 2.27. The predicted molar refractivity (Wildman–Crippen MR) is 127 cm³/mol. The highest BCUT2D eigenvalue weighted by atomic mass is 16.5. The van der Waals surface area contributed by atoms with E-state index in [4.69, 9.17) is 9.47 Å². The summed E-state index contributed by atoms with van der Waals surface area (Å²) in [7, 11) is 3.35. The minimum Gasteiger partial charge on any atom is -0.493 e. The Labute approximate surface area is 183 Å². The lowest BCUT2D eigenvalue weighted by Crippen LogP contribution is -2.41. The van der Waals surface area contributed by atoms with E-state index in [2.05, 4.69) is 66.9 Å². The molecule has 0 saturated carbocycles. The third-order valence-electron chi connectivity index (χ3n) is 5.41. The van der Waals surface area contributed by atoms with Crippen molar-refractivity contribution in [1.29, 1.82) is 0 Å². The van der Waals surface area contributed by atoms with E-state index < -0.39 is 0 Å². The molecule has 4 nitrogen and oxygen atoms in total. The van der Waals surface area contributed by atoms with Crippen LogP contribution in [-0.2, 0) is 12.8 Å². The first-order chi connectivity index (χ1) is 14.5. The average Bonchev–Trinajstić information content (AvgIpc) is 2.75. The summed E-state index contributed by atoms with van der Waals surface area (Å²) >= 11 is 0. The minimum atomic E-state index is 0.146. The van der Waals surface area contributed by atoms with Gasteiger partial charge in [0.1, 0.15) is 0 Å². The Morgan fingerprint density at radius 1 is 0.733 bits per heavy atom. The second kappa shape index (κ2) is 13.3. The van der Waals surface area contributed by atoms with E-state index in [0.717, 1.165) is 44.0 Å². The molecule has 2 aromatic carbocycles. The van der Waals surface area contributed by atoms with Gasteiger partial charge < -0.3 is 20.1 Å². The van der Waals surface area contributed by atoms with Gasteiger partial charge in [0.2, 0.25) is 0 Å². The topological polar surface area (TPSA) is 42.5 Å². The summed E-state index contributed by atoms with van der Waals surface area (Å²) in [5.41, 5.74) is 2.81. The molecule has 0 saturated heterocycles. The summed E-state index contributed by atoms with van der Waals surface area (Å²) in [6.07, 6.45) is 7.11. The Morgan fingerprint density at radius 3 is 2.13 bits per heavy atom. The maximum Gasteiger partial charge on any atom is 0.160 e. The van der Waals surface area contributed by atoms with Crippen molar-refractivity contribution in [2.24, 2.45) is 0 Å². The maximum atomic E-state index is 5.37. The van der Waals surface area contributed by atoms with Crippen LogP contribution >= 0.6 is 0 Å². The van der Waals surface area contributed by atoms with Crippen LogP contribution in [0.1, 0.15) is 50.7 Å². The third kappa shape index (κ3) is 9.19. The summed E-state index contributed by atoms with van der Waals surface area (Å²) in [4.78, 5) is 0. The molecule has 4 heteroatoms. The molecule has 0 radical (unpaired) electrons. The van der Waals surface area contributed by atoms with Gasteiger partial charge in [-0.3, -0.25) is 0 Å². The van der Waals surface area contributed by atoms with Gasteiger partial charge in [-0.2, -0.15) is 0 Å². The van der Waals surface area contributed by atoms with Crippen molar-refractivity contribution in [2.45, 2.75) is 57.9 Å². The molecule has 0 aliphatic carbocycles. The fourth-order valence-corrected chi connectivity index (χ4v) is 3.72. The van der Waals surface area contributed by atoms with Crippen LogP contribution < -0.4 is 20.1 Å². The van der Waals surface area contributed by atoms with Gasteiger partial charge in [0.05, 0.1) is 14.2 Å². The zero-order chi connectivity index (χ0) is 21.7. The summed E-state index contributed by atoms with van der Waals surface area (Å²) in [6.45, 7) is 7.75. The molecule has 0 bridgehead atoms. The molecule has 0 heterocycles. The van der Waals surface area contributed by atoms with E-state index in [9.17, 15) is 0 Å². The molecule has 0 spiro atoms. The quantitative estimate of drug-likeness (QED) is 0.404. The first-order valence-corrected chi connectivity index (χ1v) is 11.2. The van der Waals surface area contributed by atoms with Crippen molar-refractivity contribution >= 4 is 0 Å². The standard InChI is InChI=1S/C26H40N2O2/c1-26(2,21-23-12-8-7-9-13-23)28-18-11-6-5-10-17-27-19-16-22-14-15-24(29-3)25(20-22)30-4/h7-9,12-15,20,27-28H,5-6,10-11,16-19,21H2,1-4H3. The van der Waals surface area contributed by atoms with Crippen LogP contribution in [0.25, 0.3) is 0 Å². The monoisotopic (exact) mass is 412 g/mol. The largest absolute Gasteiger partial charge is 0.493 e. The molecule has 30 heavy (non-hydrogen) atoms. The van der Waals surface area contributed by atoms with Gasteiger partial charge in [-0.15, -0.1) is 0 Å². The van der Waals surface area contributed by atoms with Crippen LogP contribution in [-0.4, -0.2) is 39.4 Å². The first-order valence-electron chi connectivity index (χ1n) is 11.2. The van der Waals surface area contributed by atoms with Crippen LogP contribution in [0.2, 0.25) is 0 Å². The summed E-state index contributed by atoms with van der Waals surface area (Å²) in [5.74, 6) is 1.59. The van der Waals surface area contributed by atoms with Gasteiger partial charge in [0.25, 0.3) is 0 Å².